The van der Waals surface area contributed by atoms with Crippen LogP contribution in [0.2, 0.25) is 0 Å². The molecule has 0 aliphatic rings. The van der Waals surface area contributed by atoms with E-state index in [0.717, 1.165) is 12.8 Å². The van der Waals surface area contributed by atoms with Gasteiger partial charge >= 0.3 is 5.97 Å². The Morgan fingerprint density at radius 1 is 1.00 bits per heavy atom. The largest absolute Gasteiger partial charge is 0.486 e. The fraction of sp³-hybridized carbons (Fsp3) is 0.526. The molecule has 1 atom stereocenters. The van der Waals surface area contributed by atoms with Gasteiger partial charge in [0.15, 0.2) is 6.10 Å². The van der Waals surface area contributed by atoms with Crippen LogP contribution >= 0.6 is 0 Å². The third kappa shape index (κ3) is 13.2. The monoisotopic (exact) mass is 306 g/mol. The fourth-order valence-electron chi connectivity index (χ4n) is 1.75. The van der Waals surface area contributed by atoms with Crippen molar-refractivity contribution in [3.05, 3.63) is 48.8 Å². The van der Waals surface area contributed by atoms with Crippen molar-refractivity contribution < 1.29 is 14.6 Å². The molecule has 0 heterocycles. The van der Waals surface area contributed by atoms with E-state index in [1.54, 1.807) is 13.0 Å². The van der Waals surface area contributed by atoms with Gasteiger partial charge in [0.2, 0.25) is 0 Å². The van der Waals surface area contributed by atoms with Gasteiger partial charge in [-0.2, -0.15) is 0 Å². The van der Waals surface area contributed by atoms with E-state index in [4.69, 9.17) is 9.84 Å². The Morgan fingerprint density at radius 3 is 2.32 bits per heavy atom. The minimum atomic E-state index is -0.929. The van der Waals surface area contributed by atoms with Crippen LogP contribution in [0.25, 0.3) is 0 Å². The van der Waals surface area contributed by atoms with E-state index < -0.39 is 12.1 Å². The molecule has 0 saturated heterocycles. The summed E-state index contributed by atoms with van der Waals surface area (Å²) in [5, 5.41) is 8.79. The summed E-state index contributed by atoms with van der Waals surface area (Å²) in [5.74, 6) is -0.929. The molecule has 0 rings (SSSR count). The molecule has 0 aliphatic heterocycles. The van der Waals surface area contributed by atoms with Gasteiger partial charge in [0.05, 0.1) is 6.26 Å². The first-order valence-electron chi connectivity index (χ1n) is 8.22. The topological polar surface area (TPSA) is 46.5 Å². The second-order valence-corrected chi connectivity index (χ2v) is 5.04. The first kappa shape index (κ1) is 20.2. The van der Waals surface area contributed by atoms with Crippen molar-refractivity contribution in [1.82, 2.24) is 0 Å². The molecule has 0 amide bonds. The van der Waals surface area contributed by atoms with Crippen molar-refractivity contribution in [3.63, 3.8) is 0 Å². The zero-order valence-corrected chi connectivity index (χ0v) is 13.9. The molecule has 0 aliphatic carbocycles. The van der Waals surface area contributed by atoms with Gasteiger partial charge in [-0.05, 0) is 38.2 Å². The number of hydrogen-bond donors (Lipinski definition) is 1. The zero-order valence-electron chi connectivity index (χ0n) is 13.9. The van der Waals surface area contributed by atoms with Crippen molar-refractivity contribution in [2.75, 3.05) is 0 Å². The van der Waals surface area contributed by atoms with Gasteiger partial charge in [-0.3, -0.25) is 0 Å². The summed E-state index contributed by atoms with van der Waals surface area (Å²) < 4.78 is 5.09. The van der Waals surface area contributed by atoms with Crippen molar-refractivity contribution >= 4 is 5.97 Å². The van der Waals surface area contributed by atoms with Crippen molar-refractivity contribution in [2.45, 2.75) is 64.9 Å². The molecule has 0 bridgehead atoms. The maximum atomic E-state index is 10.7. The lowest BCUT2D eigenvalue weighted by Crippen LogP contribution is -2.20. The number of carboxylic acids is 1. The van der Waals surface area contributed by atoms with Crippen LogP contribution in [0, 0.1) is 0 Å². The normalized spacial score (nSPS) is 13.7. The van der Waals surface area contributed by atoms with E-state index in [-0.39, 0.29) is 0 Å². The first-order valence-corrected chi connectivity index (χ1v) is 8.22. The Balaban J connectivity index is 3.65. The first-order chi connectivity index (χ1) is 10.7. The van der Waals surface area contributed by atoms with Crippen molar-refractivity contribution in [1.29, 1.82) is 0 Å². The fourth-order valence-corrected chi connectivity index (χ4v) is 1.75. The lowest BCUT2D eigenvalue weighted by Gasteiger charge is -2.07. The Hall–Kier alpha value is -1.77. The second kappa shape index (κ2) is 15.6. The van der Waals surface area contributed by atoms with Crippen LogP contribution in [0.4, 0.5) is 0 Å². The highest BCUT2D eigenvalue weighted by Crippen LogP contribution is 2.01. The van der Waals surface area contributed by atoms with Crippen LogP contribution in [0.5, 0.6) is 0 Å². The molecule has 124 valence electrons. The highest BCUT2D eigenvalue weighted by atomic mass is 16.5. The summed E-state index contributed by atoms with van der Waals surface area (Å²) in [6.45, 7) is 4.00. The smallest absolute Gasteiger partial charge is 0.344 e. The van der Waals surface area contributed by atoms with E-state index in [1.807, 2.05) is 12.2 Å². The molecular weight excluding hydrogens is 276 g/mol. The van der Waals surface area contributed by atoms with Gasteiger partial charge in [-0.15, -0.1) is 0 Å². The molecule has 1 N–H and O–H groups in total. The molecule has 0 spiro atoms. The van der Waals surface area contributed by atoms with Gasteiger partial charge in [0.1, 0.15) is 0 Å². The third-order valence-corrected chi connectivity index (χ3v) is 3.07. The molecule has 3 nitrogen and oxygen atoms in total. The number of rotatable bonds is 13. The van der Waals surface area contributed by atoms with Crippen molar-refractivity contribution in [3.8, 4) is 0 Å². The minimum absolute atomic E-state index is 0.456. The molecule has 3 heteroatoms. The number of unbranched alkanes of at least 4 members (excludes halogenated alkanes) is 3. The van der Waals surface area contributed by atoms with E-state index in [2.05, 4.69) is 31.2 Å². The number of aliphatic carboxylic acids is 1. The van der Waals surface area contributed by atoms with E-state index in [0.29, 0.717) is 6.42 Å². The average molecular weight is 306 g/mol. The number of carbonyl (C=O) groups is 1. The summed E-state index contributed by atoms with van der Waals surface area (Å²) in [6, 6.07) is 0. The van der Waals surface area contributed by atoms with Gasteiger partial charge in [-0.25, -0.2) is 4.79 Å². The SMILES string of the molecule is CCCCC/C=C\C/C=C\C/C=C\C=COC(CC)C(=O)O. The number of allylic oxidation sites excluding steroid dienone is 7. The molecule has 0 radical (unpaired) electrons. The maximum absolute atomic E-state index is 10.7. The van der Waals surface area contributed by atoms with Gasteiger partial charge in [0, 0.05) is 0 Å². The molecular formula is C19H30O3. The standard InChI is InChI=1S/C19H30O3/c1-3-5-6-7-8-9-10-11-12-13-14-15-16-17-22-18(4-2)19(20)21/h8-9,11-12,14-18H,3-7,10,13H2,1-2H3,(H,20,21)/b9-8-,12-11-,15-14-,17-16?. The Labute approximate surface area is 135 Å². The Bertz CT molecular complexity index is 378. The van der Waals surface area contributed by atoms with Gasteiger partial charge in [0.25, 0.3) is 0 Å². The number of ether oxygens (including phenoxy) is 1. The summed E-state index contributed by atoms with van der Waals surface area (Å²) in [5.41, 5.74) is 0. The molecule has 0 aromatic rings. The summed E-state index contributed by atoms with van der Waals surface area (Å²) in [4.78, 5) is 10.7. The molecule has 0 fully saturated rings. The van der Waals surface area contributed by atoms with E-state index >= 15 is 0 Å². The van der Waals surface area contributed by atoms with Crippen molar-refractivity contribution in [2.24, 2.45) is 0 Å². The Kier molecular flexibility index (Phi) is 14.4. The summed E-state index contributed by atoms with van der Waals surface area (Å²) >= 11 is 0. The van der Waals surface area contributed by atoms with Crippen LogP contribution < -0.4 is 0 Å². The van der Waals surface area contributed by atoms with Crippen LogP contribution in [-0.4, -0.2) is 17.2 Å². The Morgan fingerprint density at radius 2 is 1.68 bits per heavy atom. The quantitative estimate of drug-likeness (QED) is 0.214. The van der Waals surface area contributed by atoms with Crippen LogP contribution in [-0.2, 0) is 9.53 Å². The highest BCUT2D eigenvalue weighted by molar-refractivity contribution is 5.72. The summed E-state index contributed by atoms with van der Waals surface area (Å²) in [7, 11) is 0. The average Bonchev–Trinajstić information content (AvgIpc) is 2.51. The molecule has 0 aromatic heterocycles. The van der Waals surface area contributed by atoms with Gasteiger partial charge < -0.3 is 9.84 Å². The van der Waals surface area contributed by atoms with Gasteiger partial charge in [-0.1, -0.05) is 63.1 Å². The lowest BCUT2D eigenvalue weighted by molar-refractivity contribution is -0.147. The predicted octanol–water partition coefficient (Wildman–Crippen LogP) is 5.41. The predicted molar refractivity (Wildman–Crippen MR) is 92.7 cm³/mol. The number of carboxylic acid groups (broad SMARTS) is 1. The lowest BCUT2D eigenvalue weighted by atomic mass is 10.2. The zero-order chi connectivity index (χ0) is 16.5. The molecule has 1 unspecified atom stereocenters. The van der Waals surface area contributed by atoms with Crippen LogP contribution in [0.3, 0.4) is 0 Å². The highest BCUT2D eigenvalue weighted by Gasteiger charge is 2.13. The molecule has 0 aromatic carbocycles. The summed E-state index contributed by atoms with van der Waals surface area (Å²) in [6.07, 6.45) is 22.3. The van der Waals surface area contributed by atoms with E-state index in [1.165, 1.54) is 31.9 Å². The molecule has 22 heavy (non-hydrogen) atoms. The minimum Gasteiger partial charge on any atom is -0.486 e. The third-order valence-electron chi connectivity index (χ3n) is 3.07. The van der Waals surface area contributed by atoms with Crippen LogP contribution in [0.15, 0.2) is 48.8 Å². The molecule has 0 saturated carbocycles. The van der Waals surface area contributed by atoms with E-state index in [9.17, 15) is 4.79 Å². The number of hydrogen-bond acceptors (Lipinski definition) is 2. The maximum Gasteiger partial charge on any atom is 0.344 e. The second-order valence-electron chi connectivity index (χ2n) is 5.04. The van der Waals surface area contributed by atoms with Crippen LogP contribution in [0.1, 0.15) is 58.8 Å².